The summed E-state index contributed by atoms with van der Waals surface area (Å²) in [7, 11) is 2.14. The van der Waals surface area contributed by atoms with Gasteiger partial charge in [-0.3, -0.25) is 20.1 Å². The lowest BCUT2D eigenvalue weighted by molar-refractivity contribution is 0.0407. The second-order valence-corrected chi connectivity index (χ2v) is 9.85. The van der Waals surface area contributed by atoms with E-state index in [1.54, 1.807) is 18.0 Å². The summed E-state index contributed by atoms with van der Waals surface area (Å²) >= 11 is 0. The molecule has 1 aromatic heterocycles. The van der Waals surface area contributed by atoms with Gasteiger partial charge in [0.1, 0.15) is 6.07 Å². The van der Waals surface area contributed by atoms with Gasteiger partial charge in [-0.1, -0.05) is 32.9 Å². The fourth-order valence-corrected chi connectivity index (χ4v) is 3.88. The van der Waals surface area contributed by atoms with Crippen LogP contribution >= 0.6 is 0 Å². The molecule has 1 aromatic carbocycles. The first-order chi connectivity index (χ1) is 15.6. The van der Waals surface area contributed by atoms with Gasteiger partial charge >= 0.3 is 0 Å². The second kappa shape index (κ2) is 10.7. The van der Waals surface area contributed by atoms with Crippen molar-refractivity contribution in [2.45, 2.75) is 53.1 Å². The van der Waals surface area contributed by atoms with E-state index in [-0.39, 0.29) is 17.1 Å². The van der Waals surface area contributed by atoms with Crippen molar-refractivity contribution in [1.29, 1.82) is 5.26 Å². The first-order valence-electron chi connectivity index (χ1n) is 11.4. The molecule has 1 amide bonds. The van der Waals surface area contributed by atoms with E-state index in [4.69, 9.17) is 4.74 Å². The molecule has 1 saturated heterocycles. The summed E-state index contributed by atoms with van der Waals surface area (Å²) in [5.41, 5.74) is 5.25. The number of anilines is 1. The Morgan fingerprint density at radius 1 is 1.21 bits per heavy atom. The number of nitrogens with zero attached hydrogens (tertiary/aromatic N) is 5. The summed E-state index contributed by atoms with van der Waals surface area (Å²) in [5.74, 6) is 0.353. The molecule has 2 heterocycles. The molecular weight excluding hydrogens is 416 g/mol. The van der Waals surface area contributed by atoms with Crippen LogP contribution in [-0.2, 0) is 11.3 Å². The smallest absolute Gasteiger partial charge is 0.269 e. The van der Waals surface area contributed by atoms with Gasteiger partial charge in [0.05, 0.1) is 0 Å². The van der Waals surface area contributed by atoms with Crippen molar-refractivity contribution in [2.24, 2.45) is 5.41 Å². The zero-order valence-electron chi connectivity index (χ0n) is 20.3. The maximum Gasteiger partial charge on any atom is 0.269 e. The topological polar surface area (TPSA) is 94.4 Å². The van der Waals surface area contributed by atoms with Crippen LogP contribution in [0.5, 0.6) is 0 Å². The lowest BCUT2D eigenvalue weighted by atomic mass is 9.96. The molecule has 176 valence electrons. The Balaban J connectivity index is 1.71. The Kier molecular flexibility index (Phi) is 8.01. The van der Waals surface area contributed by atoms with Crippen LogP contribution < -0.4 is 10.4 Å². The van der Waals surface area contributed by atoms with Crippen molar-refractivity contribution < 1.29 is 9.53 Å². The maximum absolute atomic E-state index is 13.0. The zero-order valence-corrected chi connectivity index (χ0v) is 20.3. The molecule has 1 aliphatic rings. The highest BCUT2D eigenvalue weighted by Crippen LogP contribution is 2.20. The van der Waals surface area contributed by atoms with Gasteiger partial charge in [0.15, 0.2) is 5.82 Å². The first-order valence-corrected chi connectivity index (χ1v) is 11.4. The van der Waals surface area contributed by atoms with Gasteiger partial charge in [0.2, 0.25) is 5.82 Å². The van der Waals surface area contributed by atoms with Crippen LogP contribution in [0.3, 0.4) is 0 Å². The van der Waals surface area contributed by atoms with Gasteiger partial charge in [-0.05, 0) is 49.9 Å². The number of amides is 1. The molecule has 0 bridgehead atoms. The summed E-state index contributed by atoms with van der Waals surface area (Å²) in [6.07, 6.45) is 2.10. The minimum atomic E-state index is -0.224. The van der Waals surface area contributed by atoms with Crippen LogP contribution in [0.1, 0.15) is 61.1 Å². The third-order valence-electron chi connectivity index (χ3n) is 5.55. The number of aromatic nitrogens is 2. The van der Waals surface area contributed by atoms with Gasteiger partial charge in [-0.2, -0.15) is 10.2 Å². The van der Waals surface area contributed by atoms with Crippen LogP contribution in [0.25, 0.3) is 0 Å². The Morgan fingerprint density at radius 2 is 1.88 bits per heavy atom. The maximum atomic E-state index is 13.0. The Hall–Kier alpha value is -3.02. The van der Waals surface area contributed by atoms with E-state index in [0.29, 0.717) is 29.7 Å². The average molecular weight is 451 g/mol. The van der Waals surface area contributed by atoms with Crippen molar-refractivity contribution in [1.82, 2.24) is 20.3 Å². The number of hydrazine groups is 1. The fraction of sp³-hybridized carbons (Fsp3) is 0.520. The number of carbonyl (C=O) groups excluding carboxylic acids is 1. The number of nitrogens with one attached hydrogen (secondary N) is 1. The van der Waals surface area contributed by atoms with Crippen molar-refractivity contribution in [3.8, 4) is 6.07 Å². The number of ether oxygens (including phenoxy) is 1. The van der Waals surface area contributed by atoms with Crippen molar-refractivity contribution >= 4 is 11.7 Å². The summed E-state index contributed by atoms with van der Waals surface area (Å²) < 4.78 is 5.46. The molecule has 1 fully saturated rings. The molecule has 0 atom stereocenters. The van der Waals surface area contributed by atoms with Crippen LogP contribution in [0.15, 0.2) is 30.3 Å². The van der Waals surface area contributed by atoms with E-state index >= 15 is 0 Å². The zero-order chi connectivity index (χ0) is 24.0. The fourth-order valence-electron chi connectivity index (χ4n) is 3.88. The molecule has 8 nitrogen and oxygen atoms in total. The highest BCUT2D eigenvalue weighted by molar-refractivity contribution is 5.95. The largest absolute Gasteiger partial charge is 0.381 e. The molecule has 0 radical (unpaired) electrons. The number of hydrogen-bond acceptors (Lipinski definition) is 7. The third-order valence-corrected chi connectivity index (χ3v) is 5.55. The predicted octanol–water partition coefficient (Wildman–Crippen LogP) is 3.47. The third kappa shape index (κ3) is 7.24. The van der Waals surface area contributed by atoms with Crippen LogP contribution in [0, 0.1) is 23.7 Å². The predicted molar refractivity (Wildman–Crippen MR) is 128 cm³/mol. The number of nitriles is 1. The average Bonchev–Trinajstić information content (AvgIpc) is 2.78. The van der Waals surface area contributed by atoms with Crippen LogP contribution in [0.4, 0.5) is 5.82 Å². The van der Waals surface area contributed by atoms with Gasteiger partial charge in [0.25, 0.3) is 5.91 Å². The molecule has 0 spiro atoms. The Labute approximate surface area is 196 Å². The minimum Gasteiger partial charge on any atom is -0.381 e. The molecule has 33 heavy (non-hydrogen) atoms. The number of benzene rings is 1. The Bertz CT molecular complexity index is 987. The summed E-state index contributed by atoms with van der Waals surface area (Å²) in [6, 6.07) is 12.0. The van der Waals surface area contributed by atoms with E-state index in [1.165, 1.54) is 0 Å². The normalized spacial score (nSPS) is 14.7. The van der Waals surface area contributed by atoms with Crippen LogP contribution in [0.2, 0.25) is 0 Å². The van der Waals surface area contributed by atoms with Gasteiger partial charge in [-0.15, -0.1) is 0 Å². The number of rotatable bonds is 7. The van der Waals surface area contributed by atoms with Gasteiger partial charge in [-0.25, -0.2) is 4.98 Å². The summed E-state index contributed by atoms with van der Waals surface area (Å²) in [6.45, 7) is 11.0. The molecule has 0 saturated carbocycles. The lowest BCUT2D eigenvalue weighted by Crippen LogP contribution is -2.47. The standard InChI is InChI=1S/C25H34N6O2/c1-18-14-23(28-22(15-26)27-18)31(17-25(2,3)4)29-24(32)20-8-6-19(7-9-20)16-30(5)21-10-12-33-13-11-21/h6-9,14,21H,10-13,16-17H2,1-5H3,(H,29,32). The van der Waals surface area contributed by atoms with Crippen molar-refractivity contribution in [3.63, 3.8) is 0 Å². The van der Waals surface area contributed by atoms with Crippen molar-refractivity contribution in [2.75, 3.05) is 31.8 Å². The second-order valence-electron chi connectivity index (χ2n) is 9.85. The first kappa shape index (κ1) is 24.6. The Morgan fingerprint density at radius 3 is 2.48 bits per heavy atom. The highest BCUT2D eigenvalue weighted by atomic mass is 16.5. The van der Waals surface area contributed by atoms with E-state index in [2.05, 4.69) is 48.1 Å². The number of aryl methyl sites for hydroxylation is 1. The summed E-state index contributed by atoms with van der Waals surface area (Å²) in [5, 5.41) is 10.9. The van der Waals surface area contributed by atoms with E-state index in [1.807, 2.05) is 30.3 Å². The molecule has 2 aromatic rings. The SMILES string of the molecule is Cc1cc(N(CC(C)(C)C)NC(=O)c2ccc(CN(C)C3CCOCC3)cc2)nc(C#N)n1. The number of hydrogen-bond donors (Lipinski definition) is 1. The monoisotopic (exact) mass is 450 g/mol. The molecule has 8 heteroatoms. The van der Waals surface area contributed by atoms with Crippen molar-refractivity contribution in [3.05, 3.63) is 53.0 Å². The summed E-state index contributed by atoms with van der Waals surface area (Å²) in [4.78, 5) is 23.8. The van der Waals surface area contributed by atoms with E-state index in [0.717, 1.165) is 38.2 Å². The molecular formula is C25H34N6O2. The quantitative estimate of drug-likeness (QED) is 0.646. The lowest BCUT2D eigenvalue weighted by Gasteiger charge is -2.31. The molecule has 3 rings (SSSR count). The molecule has 0 unspecified atom stereocenters. The van der Waals surface area contributed by atoms with Gasteiger partial charge in [0, 0.05) is 49.7 Å². The highest BCUT2D eigenvalue weighted by Gasteiger charge is 2.22. The van der Waals surface area contributed by atoms with Gasteiger partial charge < -0.3 is 4.74 Å². The van der Waals surface area contributed by atoms with E-state index in [9.17, 15) is 10.1 Å². The molecule has 0 aliphatic carbocycles. The minimum absolute atomic E-state index is 0.0798. The molecule has 1 aliphatic heterocycles. The van der Waals surface area contributed by atoms with E-state index < -0.39 is 0 Å². The molecule has 1 N–H and O–H groups in total. The number of carbonyl (C=O) groups is 1. The van der Waals surface area contributed by atoms with Crippen LogP contribution in [-0.4, -0.2) is 53.6 Å².